The molecule has 0 saturated heterocycles. The van der Waals surface area contributed by atoms with Crippen molar-refractivity contribution in [3.8, 4) is 0 Å². The van der Waals surface area contributed by atoms with Crippen molar-refractivity contribution in [2.24, 2.45) is 0 Å². The van der Waals surface area contributed by atoms with E-state index in [4.69, 9.17) is 4.74 Å². The zero-order chi connectivity index (χ0) is 14.4. The zero-order valence-corrected chi connectivity index (χ0v) is 12.3. The average molecular weight is 276 g/mol. The molecule has 0 amide bonds. The Morgan fingerprint density at radius 3 is 2.70 bits per heavy atom. The molecule has 1 saturated carbocycles. The first-order valence-corrected chi connectivity index (χ1v) is 7.37. The number of carbonyl (C=O) groups is 1. The molecule has 1 atom stereocenters. The molecule has 0 radical (unpaired) electrons. The van der Waals surface area contributed by atoms with Gasteiger partial charge in [-0.05, 0) is 32.4 Å². The Bertz CT molecular complexity index is 418. The third-order valence-corrected chi connectivity index (χ3v) is 3.64. The Balaban J connectivity index is 1.90. The second-order valence-corrected chi connectivity index (χ2v) is 5.26. The minimum atomic E-state index is -0.372. The van der Waals surface area contributed by atoms with Gasteiger partial charge in [-0.1, -0.05) is 30.3 Å². The van der Waals surface area contributed by atoms with Crippen LogP contribution < -0.4 is 5.32 Å². The number of ether oxygens (including phenoxy) is 1. The third-order valence-electron chi connectivity index (χ3n) is 3.64. The summed E-state index contributed by atoms with van der Waals surface area (Å²) in [6, 6.07) is 10.1. The van der Waals surface area contributed by atoms with Gasteiger partial charge in [0.1, 0.15) is 6.04 Å². The van der Waals surface area contributed by atoms with E-state index in [1.54, 1.807) is 0 Å². The van der Waals surface area contributed by atoms with Gasteiger partial charge in [0.25, 0.3) is 0 Å². The summed E-state index contributed by atoms with van der Waals surface area (Å²) in [4.78, 5) is 14.4. The second-order valence-electron chi connectivity index (χ2n) is 5.26. The van der Waals surface area contributed by atoms with Crippen LogP contribution in [-0.2, 0) is 9.53 Å². The van der Waals surface area contributed by atoms with Gasteiger partial charge in [0, 0.05) is 19.1 Å². The third kappa shape index (κ3) is 4.32. The maximum absolute atomic E-state index is 12.1. The summed E-state index contributed by atoms with van der Waals surface area (Å²) in [5.74, 6) is -0.201. The fourth-order valence-electron chi connectivity index (χ4n) is 2.29. The molecule has 110 valence electrons. The average Bonchev–Trinajstić information content (AvgIpc) is 3.29. The van der Waals surface area contributed by atoms with E-state index in [0.29, 0.717) is 6.61 Å². The summed E-state index contributed by atoms with van der Waals surface area (Å²) in [5, 5.41) is 3.32. The molecular weight excluding hydrogens is 252 g/mol. The van der Waals surface area contributed by atoms with Gasteiger partial charge in [0.15, 0.2) is 0 Å². The Morgan fingerprint density at radius 1 is 1.40 bits per heavy atom. The van der Waals surface area contributed by atoms with Crippen molar-refractivity contribution in [2.45, 2.75) is 31.8 Å². The largest absolute Gasteiger partial charge is 0.465 e. The van der Waals surface area contributed by atoms with Gasteiger partial charge >= 0.3 is 5.97 Å². The van der Waals surface area contributed by atoms with Crippen molar-refractivity contribution in [1.29, 1.82) is 0 Å². The predicted octanol–water partition coefficient (Wildman–Crippen LogP) is 1.97. The zero-order valence-electron chi connectivity index (χ0n) is 12.3. The van der Waals surface area contributed by atoms with E-state index in [1.807, 2.05) is 37.3 Å². The molecule has 0 spiro atoms. The van der Waals surface area contributed by atoms with Crippen LogP contribution in [0, 0.1) is 0 Å². The molecule has 2 rings (SSSR count). The number of esters is 1. The highest BCUT2D eigenvalue weighted by molar-refractivity contribution is 5.77. The van der Waals surface area contributed by atoms with Crippen LogP contribution in [0.5, 0.6) is 0 Å². The van der Waals surface area contributed by atoms with Gasteiger partial charge in [0.05, 0.1) is 6.61 Å². The maximum atomic E-state index is 12.1. The highest BCUT2D eigenvalue weighted by Gasteiger charge is 2.26. The van der Waals surface area contributed by atoms with E-state index in [2.05, 4.69) is 17.3 Å². The van der Waals surface area contributed by atoms with Gasteiger partial charge in [-0.2, -0.15) is 0 Å². The Kier molecular flexibility index (Phi) is 5.56. The van der Waals surface area contributed by atoms with E-state index in [-0.39, 0.29) is 12.0 Å². The molecule has 4 nitrogen and oxygen atoms in total. The van der Waals surface area contributed by atoms with Crippen molar-refractivity contribution in [1.82, 2.24) is 10.2 Å². The van der Waals surface area contributed by atoms with Gasteiger partial charge < -0.3 is 9.64 Å². The summed E-state index contributed by atoms with van der Waals surface area (Å²) in [6.45, 7) is 3.98. The smallest absolute Gasteiger partial charge is 0.327 e. The molecule has 4 heteroatoms. The summed E-state index contributed by atoms with van der Waals surface area (Å²) < 4.78 is 5.16. The molecule has 1 N–H and O–H groups in total. The standard InChI is InChI=1S/C16H24N2O2/c1-3-20-16(19)15(13-7-5-4-6-8-13)17-11-12-18(2)14-9-10-14/h4-8,14-15,17H,3,9-12H2,1-2H3. The molecule has 1 fully saturated rings. The van der Waals surface area contributed by atoms with Crippen LogP contribution in [0.15, 0.2) is 30.3 Å². The van der Waals surface area contributed by atoms with E-state index in [1.165, 1.54) is 12.8 Å². The summed E-state index contributed by atoms with van der Waals surface area (Å²) in [6.07, 6.45) is 2.60. The SMILES string of the molecule is CCOC(=O)C(NCCN(C)C1CC1)c1ccccc1. The van der Waals surface area contributed by atoms with Crippen molar-refractivity contribution in [3.05, 3.63) is 35.9 Å². The van der Waals surface area contributed by atoms with Gasteiger partial charge in [-0.25, -0.2) is 4.79 Å². The number of rotatable bonds is 8. The quantitative estimate of drug-likeness (QED) is 0.737. The number of hydrogen-bond donors (Lipinski definition) is 1. The van der Waals surface area contributed by atoms with Crippen molar-refractivity contribution in [3.63, 3.8) is 0 Å². The molecule has 0 heterocycles. The first-order valence-electron chi connectivity index (χ1n) is 7.37. The van der Waals surface area contributed by atoms with E-state index < -0.39 is 0 Å². The van der Waals surface area contributed by atoms with Gasteiger partial charge in [0.2, 0.25) is 0 Å². The summed E-state index contributed by atoms with van der Waals surface area (Å²) >= 11 is 0. The molecule has 1 aliphatic rings. The molecule has 1 aromatic rings. The topological polar surface area (TPSA) is 41.6 Å². The summed E-state index contributed by atoms with van der Waals surface area (Å²) in [7, 11) is 2.14. The minimum absolute atomic E-state index is 0.201. The molecule has 1 unspecified atom stereocenters. The van der Waals surface area contributed by atoms with Crippen LogP contribution in [0.3, 0.4) is 0 Å². The number of carbonyl (C=O) groups excluding carboxylic acids is 1. The maximum Gasteiger partial charge on any atom is 0.327 e. The van der Waals surface area contributed by atoms with E-state index >= 15 is 0 Å². The highest BCUT2D eigenvalue weighted by Crippen LogP contribution is 2.24. The fraction of sp³-hybridized carbons (Fsp3) is 0.562. The van der Waals surface area contributed by atoms with Crippen LogP contribution in [0.4, 0.5) is 0 Å². The van der Waals surface area contributed by atoms with Crippen LogP contribution in [-0.4, -0.2) is 43.7 Å². The lowest BCUT2D eigenvalue weighted by molar-refractivity contribution is -0.145. The van der Waals surface area contributed by atoms with Crippen LogP contribution >= 0.6 is 0 Å². The van der Waals surface area contributed by atoms with Gasteiger partial charge in [-0.3, -0.25) is 5.32 Å². The highest BCUT2D eigenvalue weighted by atomic mass is 16.5. The molecule has 1 aromatic carbocycles. The molecule has 0 aliphatic heterocycles. The van der Waals surface area contributed by atoms with Crippen LogP contribution in [0.1, 0.15) is 31.4 Å². The molecular formula is C16H24N2O2. The van der Waals surface area contributed by atoms with Gasteiger partial charge in [-0.15, -0.1) is 0 Å². The molecule has 0 aromatic heterocycles. The molecule has 0 bridgehead atoms. The number of hydrogen-bond acceptors (Lipinski definition) is 4. The lowest BCUT2D eigenvalue weighted by atomic mass is 10.1. The van der Waals surface area contributed by atoms with Crippen molar-refractivity contribution in [2.75, 3.05) is 26.7 Å². The Hall–Kier alpha value is -1.39. The van der Waals surface area contributed by atoms with Crippen LogP contribution in [0.2, 0.25) is 0 Å². The Labute approximate surface area is 121 Å². The lowest BCUT2D eigenvalue weighted by Crippen LogP contribution is -2.36. The number of likely N-dealkylation sites (N-methyl/N-ethyl adjacent to an activating group) is 1. The van der Waals surface area contributed by atoms with Crippen molar-refractivity contribution >= 4 is 5.97 Å². The monoisotopic (exact) mass is 276 g/mol. The minimum Gasteiger partial charge on any atom is -0.465 e. The number of nitrogens with one attached hydrogen (secondary N) is 1. The lowest BCUT2D eigenvalue weighted by Gasteiger charge is -2.20. The predicted molar refractivity (Wildman–Crippen MR) is 79.5 cm³/mol. The molecule has 20 heavy (non-hydrogen) atoms. The fourth-order valence-corrected chi connectivity index (χ4v) is 2.29. The Morgan fingerprint density at radius 2 is 2.10 bits per heavy atom. The van der Waals surface area contributed by atoms with Crippen LogP contribution in [0.25, 0.3) is 0 Å². The first kappa shape index (κ1) is 15.0. The summed E-state index contributed by atoms with van der Waals surface area (Å²) in [5.41, 5.74) is 0.958. The first-order chi connectivity index (χ1) is 9.72. The molecule has 1 aliphatic carbocycles. The second kappa shape index (κ2) is 7.41. The van der Waals surface area contributed by atoms with Crippen molar-refractivity contribution < 1.29 is 9.53 Å². The number of benzene rings is 1. The number of nitrogens with zero attached hydrogens (tertiary/aromatic N) is 1. The van der Waals surface area contributed by atoms with E-state index in [9.17, 15) is 4.79 Å². The van der Waals surface area contributed by atoms with E-state index in [0.717, 1.165) is 24.7 Å². The normalized spacial score (nSPS) is 16.1.